The monoisotopic (exact) mass is 244 g/mol. The average molecular weight is 244 g/mol. The number of benzene rings is 1. The van der Waals surface area contributed by atoms with E-state index in [1.165, 1.54) is 0 Å². The van der Waals surface area contributed by atoms with Gasteiger partial charge in [0, 0.05) is 19.6 Å². The first kappa shape index (κ1) is 13.1. The van der Waals surface area contributed by atoms with Gasteiger partial charge >= 0.3 is 0 Å². The van der Waals surface area contributed by atoms with Crippen molar-refractivity contribution in [3.05, 3.63) is 35.9 Å². The minimum Gasteiger partial charge on any atom is -0.387 e. The van der Waals surface area contributed by atoms with Crippen molar-refractivity contribution in [1.29, 1.82) is 5.26 Å². The zero-order valence-corrected chi connectivity index (χ0v) is 10.8. The van der Waals surface area contributed by atoms with Crippen LogP contribution < -0.4 is 0 Å². The summed E-state index contributed by atoms with van der Waals surface area (Å²) >= 11 is 0. The molecule has 18 heavy (non-hydrogen) atoms. The molecule has 1 atom stereocenters. The van der Waals surface area contributed by atoms with Gasteiger partial charge in [-0.05, 0) is 12.0 Å². The molecule has 0 bridgehead atoms. The molecule has 0 amide bonds. The van der Waals surface area contributed by atoms with E-state index in [0.29, 0.717) is 19.6 Å². The van der Waals surface area contributed by atoms with E-state index in [1.807, 2.05) is 30.3 Å². The van der Waals surface area contributed by atoms with E-state index in [1.54, 1.807) is 0 Å². The molecule has 0 radical (unpaired) electrons. The highest BCUT2D eigenvalue weighted by Crippen LogP contribution is 2.28. The first-order valence-electron chi connectivity index (χ1n) is 6.56. The minimum absolute atomic E-state index is 0.0997. The first-order chi connectivity index (χ1) is 8.67. The van der Waals surface area contributed by atoms with Crippen molar-refractivity contribution in [2.75, 3.05) is 19.6 Å². The Hall–Kier alpha value is -1.37. The summed E-state index contributed by atoms with van der Waals surface area (Å²) in [5.41, 5.74) is 0.553. The van der Waals surface area contributed by atoms with Crippen LogP contribution in [-0.2, 0) is 0 Å². The zero-order valence-electron chi connectivity index (χ0n) is 10.8. The second kappa shape index (κ2) is 5.51. The normalized spacial score (nSPS) is 19.8. The third kappa shape index (κ3) is 2.90. The van der Waals surface area contributed by atoms with Crippen LogP contribution in [0.1, 0.15) is 31.2 Å². The molecule has 96 valence electrons. The third-order valence-corrected chi connectivity index (χ3v) is 3.55. The number of hydrogen-bond acceptors (Lipinski definition) is 3. The Labute approximate surface area is 109 Å². The Kier molecular flexibility index (Phi) is 4.00. The van der Waals surface area contributed by atoms with Crippen LogP contribution in [0.25, 0.3) is 0 Å². The van der Waals surface area contributed by atoms with Gasteiger partial charge in [-0.25, -0.2) is 0 Å². The number of nitrogens with zero attached hydrogens (tertiary/aromatic N) is 2. The predicted octanol–water partition coefficient (Wildman–Crippen LogP) is 2.14. The molecule has 1 aromatic rings. The van der Waals surface area contributed by atoms with Crippen molar-refractivity contribution in [2.24, 2.45) is 0 Å². The highest BCUT2D eigenvalue weighted by molar-refractivity contribution is 5.25. The number of likely N-dealkylation sites (tertiary alicyclic amines) is 1. The first-order valence-corrected chi connectivity index (χ1v) is 6.56. The maximum atomic E-state index is 10.1. The molecular weight excluding hydrogens is 224 g/mol. The van der Waals surface area contributed by atoms with Crippen LogP contribution in [0.3, 0.4) is 0 Å². The molecule has 3 nitrogen and oxygen atoms in total. The largest absolute Gasteiger partial charge is 0.387 e. The molecule has 1 aromatic carbocycles. The van der Waals surface area contributed by atoms with E-state index in [2.05, 4.69) is 17.9 Å². The van der Waals surface area contributed by atoms with Crippen LogP contribution in [0.5, 0.6) is 0 Å². The lowest BCUT2D eigenvalue weighted by Crippen LogP contribution is -2.62. The molecule has 0 saturated carbocycles. The smallest absolute Gasteiger partial charge is 0.0900 e. The molecule has 1 unspecified atom stereocenters. The Balaban J connectivity index is 1.89. The number of rotatable bonds is 5. The van der Waals surface area contributed by atoms with Gasteiger partial charge in [-0.1, -0.05) is 43.7 Å². The molecule has 0 aliphatic carbocycles. The standard InChI is InChI=1S/C15H20N2O/c1-2-8-15(18)11-17(12-15)10-14(9-16)13-6-4-3-5-7-13/h3-7,14,18H,2,8,10-12H2,1H3. The molecule has 1 N–H and O–H groups in total. The quantitative estimate of drug-likeness (QED) is 0.863. The third-order valence-electron chi connectivity index (χ3n) is 3.55. The van der Waals surface area contributed by atoms with E-state index in [4.69, 9.17) is 0 Å². The molecule has 1 fully saturated rings. The Morgan fingerprint density at radius 3 is 2.61 bits per heavy atom. The van der Waals surface area contributed by atoms with Gasteiger partial charge in [-0.15, -0.1) is 0 Å². The van der Waals surface area contributed by atoms with Gasteiger partial charge in [0.15, 0.2) is 0 Å². The molecular formula is C15H20N2O. The Bertz CT molecular complexity index is 418. The number of aliphatic hydroxyl groups is 1. The van der Waals surface area contributed by atoms with Gasteiger partial charge < -0.3 is 5.11 Å². The maximum absolute atomic E-state index is 10.1. The Morgan fingerprint density at radius 1 is 1.39 bits per heavy atom. The summed E-state index contributed by atoms with van der Waals surface area (Å²) in [6, 6.07) is 12.2. The summed E-state index contributed by atoms with van der Waals surface area (Å²) < 4.78 is 0. The lowest BCUT2D eigenvalue weighted by molar-refractivity contribution is -0.103. The van der Waals surface area contributed by atoms with E-state index >= 15 is 0 Å². The molecule has 1 heterocycles. The van der Waals surface area contributed by atoms with E-state index in [9.17, 15) is 10.4 Å². The van der Waals surface area contributed by atoms with Crippen LogP contribution in [0.2, 0.25) is 0 Å². The van der Waals surface area contributed by atoms with E-state index < -0.39 is 5.60 Å². The summed E-state index contributed by atoms with van der Waals surface area (Å²) in [7, 11) is 0. The van der Waals surface area contributed by atoms with Gasteiger partial charge in [0.25, 0.3) is 0 Å². The molecule has 2 rings (SSSR count). The summed E-state index contributed by atoms with van der Waals surface area (Å²) in [6.45, 7) is 4.20. The molecule has 3 heteroatoms. The highest BCUT2D eigenvalue weighted by atomic mass is 16.3. The molecule has 1 aliphatic heterocycles. The van der Waals surface area contributed by atoms with Crippen molar-refractivity contribution >= 4 is 0 Å². The second-order valence-corrected chi connectivity index (χ2v) is 5.24. The van der Waals surface area contributed by atoms with Crippen molar-refractivity contribution in [3.63, 3.8) is 0 Å². The second-order valence-electron chi connectivity index (χ2n) is 5.24. The summed E-state index contributed by atoms with van der Waals surface area (Å²) in [5.74, 6) is -0.0997. The highest BCUT2D eigenvalue weighted by Gasteiger charge is 2.40. The van der Waals surface area contributed by atoms with Crippen molar-refractivity contribution in [2.45, 2.75) is 31.3 Å². The minimum atomic E-state index is -0.508. The van der Waals surface area contributed by atoms with E-state index in [0.717, 1.165) is 18.4 Å². The fraction of sp³-hybridized carbons (Fsp3) is 0.533. The van der Waals surface area contributed by atoms with Crippen LogP contribution >= 0.6 is 0 Å². The van der Waals surface area contributed by atoms with Gasteiger partial charge in [0.2, 0.25) is 0 Å². The van der Waals surface area contributed by atoms with Crippen molar-refractivity contribution in [1.82, 2.24) is 4.90 Å². The number of β-amino-alcohol motifs (C(OH)–C–C–N with tert-alkyl or cyclic N) is 1. The summed E-state index contributed by atoms with van der Waals surface area (Å²) in [5, 5.41) is 19.4. The van der Waals surface area contributed by atoms with Gasteiger partial charge in [-0.3, -0.25) is 4.90 Å². The van der Waals surface area contributed by atoms with Crippen LogP contribution in [0.15, 0.2) is 30.3 Å². The fourth-order valence-corrected chi connectivity index (χ4v) is 2.70. The van der Waals surface area contributed by atoms with Gasteiger partial charge in [0.05, 0.1) is 17.6 Å². The van der Waals surface area contributed by atoms with Gasteiger partial charge in [0.1, 0.15) is 0 Å². The Morgan fingerprint density at radius 2 is 2.06 bits per heavy atom. The van der Waals surface area contributed by atoms with Crippen LogP contribution in [0, 0.1) is 11.3 Å². The summed E-state index contributed by atoms with van der Waals surface area (Å²) in [4.78, 5) is 2.16. The molecule has 1 aliphatic rings. The van der Waals surface area contributed by atoms with E-state index in [-0.39, 0.29) is 5.92 Å². The lowest BCUT2D eigenvalue weighted by atomic mass is 9.87. The number of nitriles is 1. The molecule has 1 saturated heterocycles. The number of hydrogen-bond donors (Lipinski definition) is 1. The lowest BCUT2D eigenvalue weighted by Gasteiger charge is -2.47. The topological polar surface area (TPSA) is 47.3 Å². The van der Waals surface area contributed by atoms with Crippen LogP contribution in [0.4, 0.5) is 0 Å². The summed E-state index contributed by atoms with van der Waals surface area (Å²) in [6.07, 6.45) is 1.86. The fourth-order valence-electron chi connectivity index (χ4n) is 2.70. The average Bonchev–Trinajstić information content (AvgIpc) is 2.35. The molecule has 0 aromatic heterocycles. The predicted molar refractivity (Wildman–Crippen MR) is 71.1 cm³/mol. The van der Waals surface area contributed by atoms with Crippen molar-refractivity contribution in [3.8, 4) is 6.07 Å². The van der Waals surface area contributed by atoms with Crippen molar-refractivity contribution < 1.29 is 5.11 Å². The zero-order chi connectivity index (χ0) is 13.0. The maximum Gasteiger partial charge on any atom is 0.0900 e. The SMILES string of the molecule is CCCC1(O)CN(CC(C#N)c2ccccc2)C1. The van der Waals surface area contributed by atoms with Gasteiger partial charge in [-0.2, -0.15) is 5.26 Å². The molecule has 0 spiro atoms. The van der Waals surface area contributed by atoms with Crippen LogP contribution in [-0.4, -0.2) is 35.2 Å².